The number of aromatic nitrogens is 2. The summed E-state index contributed by atoms with van der Waals surface area (Å²) in [6.07, 6.45) is -3.70. The fourth-order valence-corrected chi connectivity index (χ4v) is 4.68. The van der Waals surface area contributed by atoms with E-state index in [0.717, 1.165) is 11.8 Å². The molecular formula is C29H23F4N5O4S. The molecule has 3 N–H and O–H groups in total. The molecule has 0 aliphatic carbocycles. The number of alkyl halides is 3. The molecule has 9 nitrogen and oxygen atoms in total. The van der Waals surface area contributed by atoms with Crippen molar-refractivity contribution >= 4 is 44.4 Å². The Morgan fingerprint density at radius 1 is 0.907 bits per heavy atom. The zero-order valence-electron chi connectivity index (χ0n) is 22.3. The summed E-state index contributed by atoms with van der Waals surface area (Å²) in [4.78, 5) is 17.0. The number of para-hydroxylation sites is 2. The monoisotopic (exact) mass is 613 g/mol. The molecular weight excluding hydrogens is 590 g/mol. The van der Waals surface area contributed by atoms with Gasteiger partial charge in [-0.2, -0.15) is 13.2 Å². The summed E-state index contributed by atoms with van der Waals surface area (Å²) >= 11 is 0. The number of nitrogens with one attached hydrogen (secondary N) is 3. The highest BCUT2D eigenvalue weighted by atomic mass is 32.2. The van der Waals surface area contributed by atoms with Crippen molar-refractivity contribution in [2.45, 2.75) is 12.7 Å². The number of halogens is 4. The highest BCUT2D eigenvalue weighted by Gasteiger charge is 2.31. The molecule has 5 rings (SSSR count). The van der Waals surface area contributed by atoms with Crippen molar-refractivity contribution in [1.29, 1.82) is 0 Å². The van der Waals surface area contributed by atoms with Crippen LogP contribution in [0, 0.1) is 5.82 Å². The number of amides is 2. The van der Waals surface area contributed by atoms with Crippen LogP contribution in [0.4, 0.5) is 39.7 Å². The van der Waals surface area contributed by atoms with Gasteiger partial charge in [0.15, 0.2) is 5.75 Å². The number of ether oxygens (including phenoxy) is 1. The predicted octanol–water partition coefficient (Wildman–Crippen LogP) is 7.05. The van der Waals surface area contributed by atoms with Crippen LogP contribution >= 0.6 is 0 Å². The summed E-state index contributed by atoms with van der Waals surface area (Å²) in [6, 6.07) is 21.2. The third-order valence-electron chi connectivity index (χ3n) is 6.08. The Kier molecular flexibility index (Phi) is 7.96. The maximum absolute atomic E-state index is 14.1. The fourth-order valence-electron chi connectivity index (χ4n) is 4.19. The van der Waals surface area contributed by atoms with E-state index in [2.05, 4.69) is 20.3 Å². The van der Waals surface area contributed by atoms with Gasteiger partial charge in [-0.15, -0.1) is 0 Å². The lowest BCUT2D eigenvalue weighted by molar-refractivity contribution is -0.137. The highest BCUT2D eigenvalue weighted by Crippen LogP contribution is 2.34. The van der Waals surface area contributed by atoms with Crippen molar-refractivity contribution in [3.8, 4) is 11.5 Å². The van der Waals surface area contributed by atoms with Gasteiger partial charge >= 0.3 is 12.2 Å². The van der Waals surface area contributed by atoms with E-state index >= 15 is 0 Å². The van der Waals surface area contributed by atoms with Gasteiger partial charge in [-0.3, -0.25) is 4.72 Å². The largest absolute Gasteiger partial charge is 0.455 e. The first-order chi connectivity index (χ1) is 20.4. The number of imidazole rings is 1. The third kappa shape index (κ3) is 7.22. The quantitative estimate of drug-likeness (QED) is 0.162. The Bertz CT molecular complexity index is 1910. The number of hydrogen-bond donors (Lipinski definition) is 3. The van der Waals surface area contributed by atoms with E-state index in [1.807, 2.05) is 30.3 Å². The minimum atomic E-state index is -4.72. The number of carbonyl (C=O) groups excluding carboxylic acids is 1. The lowest BCUT2D eigenvalue weighted by Crippen LogP contribution is -2.21. The molecule has 0 saturated carbocycles. The average Bonchev–Trinajstić information content (AvgIpc) is 3.25. The van der Waals surface area contributed by atoms with Gasteiger partial charge in [0.25, 0.3) is 0 Å². The van der Waals surface area contributed by atoms with Crippen LogP contribution in [-0.2, 0) is 22.7 Å². The second-order valence-electron chi connectivity index (χ2n) is 9.40. The number of anilines is 3. The summed E-state index contributed by atoms with van der Waals surface area (Å²) in [5.74, 6) is -0.451. The molecule has 0 aliphatic rings. The maximum Gasteiger partial charge on any atom is 0.416 e. The molecule has 0 saturated heterocycles. The summed E-state index contributed by atoms with van der Waals surface area (Å²) in [7, 11) is -3.64. The Morgan fingerprint density at radius 3 is 2.33 bits per heavy atom. The van der Waals surface area contributed by atoms with Crippen molar-refractivity contribution in [3.63, 3.8) is 0 Å². The van der Waals surface area contributed by atoms with Crippen LogP contribution in [0.2, 0.25) is 0 Å². The van der Waals surface area contributed by atoms with E-state index in [9.17, 15) is 30.8 Å². The number of hydrogen-bond acceptors (Lipinski definition) is 5. The van der Waals surface area contributed by atoms with Crippen LogP contribution in [0.3, 0.4) is 0 Å². The molecule has 0 bridgehead atoms. The molecule has 14 heteroatoms. The first-order valence-corrected chi connectivity index (χ1v) is 14.5. The molecule has 2 amide bonds. The fraction of sp³-hybridized carbons (Fsp3) is 0.103. The Morgan fingerprint density at radius 2 is 1.60 bits per heavy atom. The Labute approximate surface area is 243 Å². The number of fused-ring (bicyclic) bond motifs is 1. The second-order valence-corrected chi connectivity index (χ2v) is 11.2. The number of urea groups is 1. The standard InChI is InChI=1S/C29H23F4N5O4S/c1-43(40,41)37-27-34-22-14-12-20(16-25(22)38(27)17-18-7-3-2-4-8-18)42-26-10-6-5-9-23(26)35-28(39)36-24-15-19(29(31,32)33)11-13-21(24)30/h2-16H,17H2,1H3,(H,34,37)(H2,35,36,39). The van der Waals surface area contributed by atoms with E-state index in [1.54, 1.807) is 41.0 Å². The van der Waals surface area contributed by atoms with E-state index < -0.39 is 39.3 Å². The second kappa shape index (κ2) is 11.6. The van der Waals surface area contributed by atoms with Gasteiger partial charge in [-0.25, -0.2) is 22.6 Å². The minimum Gasteiger partial charge on any atom is -0.455 e. The van der Waals surface area contributed by atoms with Gasteiger partial charge in [-0.1, -0.05) is 42.5 Å². The molecule has 0 atom stereocenters. The highest BCUT2D eigenvalue weighted by molar-refractivity contribution is 7.92. The molecule has 43 heavy (non-hydrogen) atoms. The van der Waals surface area contributed by atoms with Gasteiger partial charge in [0.2, 0.25) is 16.0 Å². The molecule has 1 heterocycles. The van der Waals surface area contributed by atoms with Crippen LogP contribution in [0.5, 0.6) is 11.5 Å². The zero-order chi connectivity index (χ0) is 30.8. The summed E-state index contributed by atoms with van der Waals surface area (Å²) < 4.78 is 87.4. The maximum atomic E-state index is 14.1. The lowest BCUT2D eigenvalue weighted by Gasteiger charge is -2.14. The molecule has 0 spiro atoms. The van der Waals surface area contributed by atoms with Gasteiger partial charge < -0.3 is 19.9 Å². The van der Waals surface area contributed by atoms with Gasteiger partial charge in [0.1, 0.15) is 11.6 Å². The molecule has 0 unspecified atom stereocenters. The summed E-state index contributed by atoms with van der Waals surface area (Å²) in [5, 5.41) is 4.55. The van der Waals surface area contributed by atoms with Gasteiger partial charge in [0.05, 0.1) is 40.8 Å². The number of sulfonamides is 1. The van der Waals surface area contributed by atoms with E-state index in [1.165, 1.54) is 6.07 Å². The van der Waals surface area contributed by atoms with Crippen molar-refractivity contribution < 1.29 is 35.5 Å². The van der Waals surface area contributed by atoms with E-state index in [4.69, 9.17) is 4.74 Å². The van der Waals surface area contributed by atoms with Crippen molar-refractivity contribution in [2.24, 2.45) is 0 Å². The Balaban J connectivity index is 1.41. The molecule has 0 fully saturated rings. The normalized spacial score (nSPS) is 11.7. The van der Waals surface area contributed by atoms with Crippen molar-refractivity contribution in [2.75, 3.05) is 21.6 Å². The molecule has 1 aromatic heterocycles. The van der Waals surface area contributed by atoms with Crippen molar-refractivity contribution in [3.05, 3.63) is 108 Å². The van der Waals surface area contributed by atoms with Crippen molar-refractivity contribution in [1.82, 2.24) is 9.55 Å². The number of nitrogens with zero attached hydrogens (tertiary/aromatic N) is 2. The lowest BCUT2D eigenvalue weighted by atomic mass is 10.2. The molecule has 5 aromatic rings. The number of benzene rings is 4. The summed E-state index contributed by atoms with van der Waals surface area (Å²) in [6.45, 7) is 0.295. The predicted molar refractivity (Wildman–Crippen MR) is 154 cm³/mol. The average molecular weight is 614 g/mol. The van der Waals surface area contributed by atoms with Crippen LogP contribution in [-0.4, -0.2) is 30.3 Å². The van der Waals surface area contributed by atoms with Gasteiger partial charge in [-0.05, 0) is 48.0 Å². The smallest absolute Gasteiger partial charge is 0.416 e. The molecule has 222 valence electrons. The number of rotatable bonds is 8. The van der Waals surface area contributed by atoms with Crippen LogP contribution < -0.4 is 20.1 Å². The first-order valence-electron chi connectivity index (χ1n) is 12.6. The Hall–Kier alpha value is -5.11. The topological polar surface area (TPSA) is 114 Å². The minimum absolute atomic E-state index is 0.110. The summed E-state index contributed by atoms with van der Waals surface area (Å²) in [5.41, 5.74) is 0.303. The van der Waals surface area contributed by atoms with Crippen LogP contribution in [0.1, 0.15) is 11.1 Å². The van der Waals surface area contributed by atoms with E-state index in [0.29, 0.717) is 41.5 Å². The van der Waals surface area contributed by atoms with Crippen LogP contribution in [0.15, 0.2) is 91.0 Å². The zero-order valence-corrected chi connectivity index (χ0v) is 23.1. The van der Waals surface area contributed by atoms with Gasteiger partial charge in [0, 0.05) is 6.07 Å². The number of carbonyl (C=O) groups is 1. The third-order valence-corrected chi connectivity index (χ3v) is 6.64. The molecule has 0 aliphatic heterocycles. The SMILES string of the molecule is CS(=O)(=O)Nc1nc2ccc(Oc3ccccc3NC(=O)Nc3cc(C(F)(F)F)ccc3F)cc2n1Cc1ccccc1. The van der Waals surface area contributed by atoms with E-state index in [-0.39, 0.29) is 17.4 Å². The van der Waals surface area contributed by atoms with Crippen LogP contribution in [0.25, 0.3) is 11.0 Å². The first kappa shape index (κ1) is 29.4. The molecule has 0 radical (unpaired) electrons. The molecule has 4 aromatic carbocycles.